The number of benzene rings is 2. The standard InChI is InChI=1S/C32H52N8/c1-2-31-24-32(3-1)28-40-22-14-35-10-18-38(19-11-36-15-23-40)26-30-6-4-29(5-7-30)25-37-16-8-33-12-20-39(27-31)21-13-34-9-17-37/h1-7,24,33-36H,8-23,25-28H2. The summed E-state index contributed by atoms with van der Waals surface area (Å²) in [6.07, 6.45) is 0. The van der Waals surface area contributed by atoms with Crippen molar-refractivity contribution in [1.82, 2.24) is 40.9 Å². The van der Waals surface area contributed by atoms with Gasteiger partial charge in [0.05, 0.1) is 0 Å². The zero-order valence-corrected chi connectivity index (χ0v) is 24.5. The first kappa shape index (κ1) is 29.6. The molecule has 0 atom stereocenters. The summed E-state index contributed by atoms with van der Waals surface area (Å²) in [4.78, 5) is 10.4. The molecule has 40 heavy (non-hydrogen) atoms. The molecule has 8 nitrogen and oxygen atoms in total. The number of nitrogens with one attached hydrogen (secondary N) is 4. The van der Waals surface area contributed by atoms with Crippen LogP contribution in [0.25, 0.3) is 0 Å². The van der Waals surface area contributed by atoms with Crippen molar-refractivity contribution in [3.05, 3.63) is 70.8 Å². The monoisotopic (exact) mass is 548 g/mol. The van der Waals surface area contributed by atoms with Gasteiger partial charge in [-0.15, -0.1) is 0 Å². The summed E-state index contributed by atoms with van der Waals surface area (Å²) in [7, 11) is 0. The molecule has 7 aliphatic rings. The van der Waals surface area contributed by atoms with E-state index in [2.05, 4.69) is 89.4 Å². The molecular formula is C32H52N8. The Balaban J connectivity index is 1.33. The second-order valence-corrected chi connectivity index (χ2v) is 11.7. The van der Waals surface area contributed by atoms with E-state index in [1.165, 1.54) is 22.3 Å². The number of hydrogen-bond donors (Lipinski definition) is 4. The summed E-state index contributed by atoms with van der Waals surface area (Å²) in [5.74, 6) is 0. The van der Waals surface area contributed by atoms with Gasteiger partial charge in [0.2, 0.25) is 0 Å². The molecule has 0 aromatic heterocycles. The maximum Gasteiger partial charge on any atom is 0.0234 e. The van der Waals surface area contributed by atoms with Crippen LogP contribution < -0.4 is 21.3 Å². The highest BCUT2D eigenvalue weighted by atomic mass is 15.2. The van der Waals surface area contributed by atoms with Crippen LogP contribution in [0.1, 0.15) is 22.3 Å². The maximum atomic E-state index is 3.73. The lowest BCUT2D eigenvalue weighted by Crippen LogP contribution is -2.42. The molecule has 2 aromatic carbocycles. The predicted molar refractivity (Wildman–Crippen MR) is 165 cm³/mol. The van der Waals surface area contributed by atoms with Gasteiger partial charge in [0.25, 0.3) is 0 Å². The van der Waals surface area contributed by atoms with Crippen molar-refractivity contribution in [3.63, 3.8) is 0 Å². The molecule has 0 aliphatic carbocycles. The van der Waals surface area contributed by atoms with E-state index >= 15 is 0 Å². The molecule has 0 unspecified atom stereocenters. The van der Waals surface area contributed by atoms with Gasteiger partial charge < -0.3 is 21.3 Å². The first-order valence-corrected chi connectivity index (χ1v) is 15.7. The van der Waals surface area contributed by atoms with Gasteiger partial charge in [-0.25, -0.2) is 0 Å². The van der Waals surface area contributed by atoms with Crippen molar-refractivity contribution < 1.29 is 0 Å². The van der Waals surface area contributed by atoms with Gasteiger partial charge in [-0.3, -0.25) is 19.6 Å². The number of fused-ring (bicyclic) bond motifs is 1. The fourth-order valence-electron chi connectivity index (χ4n) is 6.09. The Morgan fingerprint density at radius 3 is 0.925 bits per heavy atom. The minimum Gasteiger partial charge on any atom is -0.314 e. The van der Waals surface area contributed by atoms with Crippen LogP contribution in [0.15, 0.2) is 48.5 Å². The van der Waals surface area contributed by atoms with Crippen molar-refractivity contribution in [2.45, 2.75) is 26.2 Å². The van der Waals surface area contributed by atoms with E-state index < -0.39 is 0 Å². The molecule has 0 radical (unpaired) electrons. The van der Waals surface area contributed by atoms with Crippen LogP contribution in [0.2, 0.25) is 0 Å². The van der Waals surface area contributed by atoms with Crippen molar-refractivity contribution >= 4 is 0 Å². The third-order valence-electron chi connectivity index (χ3n) is 8.48. The van der Waals surface area contributed by atoms with Gasteiger partial charge in [-0.05, 0) is 22.3 Å². The Morgan fingerprint density at radius 2 is 0.625 bits per heavy atom. The molecule has 0 spiro atoms. The van der Waals surface area contributed by atoms with E-state index in [9.17, 15) is 0 Å². The van der Waals surface area contributed by atoms with Gasteiger partial charge in [0, 0.05) is 131 Å². The van der Waals surface area contributed by atoms with Crippen LogP contribution in [0.4, 0.5) is 0 Å². The maximum absolute atomic E-state index is 3.73. The second-order valence-electron chi connectivity index (χ2n) is 11.7. The topological polar surface area (TPSA) is 61.1 Å². The Morgan fingerprint density at radius 1 is 0.350 bits per heavy atom. The Labute approximate surface area is 242 Å². The first-order chi connectivity index (χ1) is 19.8. The van der Waals surface area contributed by atoms with Gasteiger partial charge in [0.15, 0.2) is 0 Å². The molecule has 2 saturated heterocycles. The van der Waals surface area contributed by atoms with Crippen LogP contribution in [-0.2, 0) is 26.2 Å². The normalized spacial score (nSPS) is 28.6. The lowest BCUT2D eigenvalue weighted by molar-refractivity contribution is 0.232. The molecule has 2 aromatic rings. The number of rotatable bonds is 0. The molecule has 9 rings (SSSR count). The minimum atomic E-state index is 1.01. The van der Waals surface area contributed by atoms with Gasteiger partial charge in [-0.1, -0.05) is 48.5 Å². The molecule has 7 aliphatic heterocycles. The molecule has 4 N–H and O–H groups in total. The quantitative estimate of drug-likeness (QED) is 0.389. The summed E-state index contributed by atoms with van der Waals surface area (Å²) in [5.41, 5.74) is 5.68. The van der Waals surface area contributed by atoms with E-state index in [4.69, 9.17) is 0 Å². The Hall–Kier alpha value is -1.88. The summed E-state index contributed by atoms with van der Waals surface area (Å²) in [5, 5.41) is 14.9. The average Bonchev–Trinajstić information content (AvgIpc) is 2.94. The van der Waals surface area contributed by atoms with E-state index in [-0.39, 0.29) is 0 Å². The van der Waals surface area contributed by atoms with Crippen LogP contribution in [-0.4, -0.2) is 124 Å². The van der Waals surface area contributed by atoms with Crippen LogP contribution in [0.5, 0.6) is 0 Å². The zero-order valence-electron chi connectivity index (χ0n) is 24.5. The van der Waals surface area contributed by atoms with E-state index in [0.29, 0.717) is 0 Å². The SMILES string of the molecule is c1cc2cc(c1)CN1CCNCCN(CCNCC1)Cc1ccc(cc1)CN1CCNCCN(CCNCC1)C2. The Bertz CT molecular complexity index is 881. The molecular weight excluding hydrogens is 496 g/mol. The highest BCUT2D eigenvalue weighted by Gasteiger charge is 2.13. The predicted octanol–water partition coefficient (Wildman–Crippen LogP) is 0.994. The highest BCUT2D eigenvalue weighted by Crippen LogP contribution is 2.13. The average molecular weight is 549 g/mol. The molecule has 7 heterocycles. The zero-order chi connectivity index (χ0) is 27.2. The third kappa shape index (κ3) is 10.2. The van der Waals surface area contributed by atoms with E-state index in [1.54, 1.807) is 0 Å². The molecule has 0 saturated carbocycles. The van der Waals surface area contributed by atoms with Crippen molar-refractivity contribution in [1.29, 1.82) is 0 Å². The molecule has 0 amide bonds. The van der Waals surface area contributed by atoms with Gasteiger partial charge in [0.1, 0.15) is 0 Å². The van der Waals surface area contributed by atoms with Crippen LogP contribution >= 0.6 is 0 Å². The molecule has 8 bridgehead atoms. The minimum absolute atomic E-state index is 1.01. The van der Waals surface area contributed by atoms with E-state index in [0.717, 1.165) is 131 Å². The lowest BCUT2D eigenvalue weighted by Gasteiger charge is -2.27. The lowest BCUT2D eigenvalue weighted by atomic mass is 10.1. The summed E-state index contributed by atoms with van der Waals surface area (Å²) < 4.78 is 0. The van der Waals surface area contributed by atoms with Gasteiger partial charge in [-0.2, -0.15) is 0 Å². The summed E-state index contributed by atoms with van der Waals surface area (Å²) in [6, 6.07) is 18.7. The van der Waals surface area contributed by atoms with E-state index in [1.807, 2.05) is 0 Å². The molecule has 8 heteroatoms. The first-order valence-electron chi connectivity index (χ1n) is 15.7. The highest BCUT2D eigenvalue weighted by molar-refractivity contribution is 5.24. The van der Waals surface area contributed by atoms with Gasteiger partial charge >= 0.3 is 0 Å². The van der Waals surface area contributed by atoms with Crippen molar-refractivity contribution in [2.24, 2.45) is 0 Å². The largest absolute Gasteiger partial charge is 0.314 e. The second kappa shape index (κ2) is 16.5. The fourth-order valence-corrected chi connectivity index (χ4v) is 6.09. The number of nitrogens with zero attached hydrogens (tertiary/aromatic N) is 4. The number of hydrogen-bond acceptors (Lipinski definition) is 8. The smallest absolute Gasteiger partial charge is 0.0234 e. The van der Waals surface area contributed by atoms with Crippen molar-refractivity contribution in [3.8, 4) is 0 Å². The molecule has 2 fully saturated rings. The summed E-state index contributed by atoms with van der Waals surface area (Å²) in [6.45, 7) is 21.0. The fraction of sp³-hybridized carbons (Fsp3) is 0.625. The molecule has 220 valence electrons. The van der Waals surface area contributed by atoms with Crippen LogP contribution in [0, 0.1) is 0 Å². The third-order valence-corrected chi connectivity index (χ3v) is 8.48. The summed E-state index contributed by atoms with van der Waals surface area (Å²) >= 11 is 0. The van der Waals surface area contributed by atoms with Crippen molar-refractivity contribution in [2.75, 3.05) is 105 Å². The van der Waals surface area contributed by atoms with Crippen LogP contribution in [0.3, 0.4) is 0 Å². The Kier molecular flexibility index (Phi) is 12.2.